The lowest BCUT2D eigenvalue weighted by Crippen LogP contribution is -1.95. The van der Waals surface area contributed by atoms with E-state index in [0.717, 1.165) is 72.1 Å². The van der Waals surface area contributed by atoms with E-state index in [4.69, 9.17) is 15.0 Å². The molecular weight excluding hydrogens is 741 g/mol. The third-order valence-electron chi connectivity index (χ3n) is 12.0. The standard InChI is InChI=1S/C57H36N4/c1-3-13-37(14-4-1)38-27-33-43(34-28-38)57-59-50-21-11-8-18-46(50)55(60-57)41-29-23-39(24-30-41)40-25-31-42(32-26-40)56-48-35-36-52-54(53(48)45-17-7-10-20-49(45)58-56)47-19-9-12-22-51(47)61(52)44-15-5-2-6-16-44/h1-36H. The van der Waals surface area contributed by atoms with E-state index < -0.39 is 0 Å². The third kappa shape index (κ3) is 5.88. The third-order valence-corrected chi connectivity index (χ3v) is 12.0. The van der Waals surface area contributed by atoms with E-state index in [1.165, 1.54) is 38.3 Å². The van der Waals surface area contributed by atoms with E-state index >= 15 is 0 Å². The molecule has 12 aromatic rings. The Morgan fingerprint density at radius 2 is 0.738 bits per heavy atom. The maximum atomic E-state index is 5.33. The molecule has 0 fully saturated rings. The maximum absolute atomic E-state index is 5.33. The summed E-state index contributed by atoms with van der Waals surface area (Å²) in [4.78, 5) is 15.5. The molecule has 4 heteroatoms. The van der Waals surface area contributed by atoms with Crippen LogP contribution in [-0.2, 0) is 0 Å². The number of nitrogens with zero attached hydrogens (tertiary/aromatic N) is 4. The van der Waals surface area contributed by atoms with Gasteiger partial charge in [-0.05, 0) is 58.7 Å². The van der Waals surface area contributed by atoms with Crippen LogP contribution in [-0.4, -0.2) is 19.5 Å². The summed E-state index contributed by atoms with van der Waals surface area (Å²) in [5.74, 6) is 0.713. The monoisotopic (exact) mass is 776 g/mol. The van der Waals surface area contributed by atoms with Crippen molar-refractivity contribution >= 4 is 54.4 Å². The summed E-state index contributed by atoms with van der Waals surface area (Å²) in [5.41, 5.74) is 15.1. The maximum Gasteiger partial charge on any atom is 0.160 e. The van der Waals surface area contributed by atoms with Crippen LogP contribution < -0.4 is 0 Å². The number of hydrogen-bond donors (Lipinski definition) is 0. The van der Waals surface area contributed by atoms with E-state index in [2.05, 4.69) is 211 Å². The van der Waals surface area contributed by atoms with E-state index in [1.807, 2.05) is 12.1 Å². The molecule has 284 valence electrons. The highest BCUT2D eigenvalue weighted by molar-refractivity contribution is 6.29. The van der Waals surface area contributed by atoms with Crippen LogP contribution in [0.1, 0.15) is 0 Å². The Morgan fingerprint density at radius 1 is 0.262 bits per heavy atom. The molecule has 0 saturated carbocycles. The van der Waals surface area contributed by atoms with Crippen LogP contribution in [0, 0.1) is 0 Å². The van der Waals surface area contributed by atoms with Crippen molar-refractivity contribution in [1.82, 2.24) is 19.5 Å². The van der Waals surface area contributed by atoms with Gasteiger partial charge in [0, 0.05) is 54.7 Å². The zero-order valence-corrected chi connectivity index (χ0v) is 33.1. The van der Waals surface area contributed by atoms with Crippen molar-refractivity contribution in [3.05, 3.63) is 218 Å². The number of fused-ring (bicyclic) bond motifs is 8. The van der Waals surface area contributed by atoms with Crippen LogP contribution in [0.2, 0.25) is 0 Å². The van der Waals surface area contributed by atoms with Crippen LogP contribution in [0.5, 0.6) is 0 Å². The first-order chi connectivity index (χ1) is 30.2. The lowest BCUT2D eigenvalue weighted by atomic mass is 9.95. The molecule has 3 heterocycles. The van der Waals surface area contributed by atoms with Gasteiger partial charge in [0.05, 0.1) is 33.5 Å². The summed E-state index contributed by atoms with van der Waals surface area (Å²) < 4.78 is 2.38. The van der Waals surface area contributed by atoms with Gasteiger partial charge < -0.3 is 4.57 Å². The second kappa shape index (κ2) is 14.3. The average molecular weight is 777 g/mol. The molecule has 0 aliphatic rings. The molecule has 0 aliphatic heterocycles. The highest BCUT2D eigenvalue weighted by Crippen LogP contribution is 2.42. The summed E-state index contributed by atoms with van der Waals surface area (Å²) in [5, 5.41) is 7.04. The summed E-state index contributed by atoms with van der Waals surface area (Å²) in [6.45, 7) is 0. The molecule has 0 saturated heterocycles. The predicted octanol–water partition coefficient (Wildman–Crippen LogP) is 14.8. The molecule has 61 heavy (non-hydrogen) atoms. The van der Waals surface area contributed by atoms with Gasteiger partial charge in [-0.25, -0.2) is 15.0 Å². The van der Waals surface area contributed by atoms with Gasteiger partial charge in [0.15, 0.2) is 5.82 Å². The number of para-hydroxylation sites is 4. The van der Waals surface area contributed by atoms with E-state index in [0.29, 0.717) is 5.82 Å². The Kier molecular flexibility index (Phi) is 8.13. The van der Waals surface area contributed by atoms with Crippen molar-refractivity contribution in [1.29, 1.82) is 0 Å². The minimum atomic E-state index is 0.713. The molecule has 0 spiro atoms. The number of benzene rings is 9. The minimum absolute atomic E-state index is 0.713. The van der Waals surface area contributed by atoms with Crippen LogP contribution in [0.3, 0.4) is 0 Å². The first kappa shape index (κ1) is 34.8. The Bertz CT molecular complexity index is 3590. The Labute approximate surface area is 352 Å². The second-order valence-corrected chi connectivity index (χ2v) is 15.6. The molecular formula is C57H36N4. The zero-order valence-electron chi connectivity index (χ0n) is 33.1. The fourth-order valence-corrected chi connectivity index (χ4v) is 9.09. The molecule has 0 radical (unpaired) electrons. The topological polar surface area (TPSA) is 43.6 Å². The smallest absolute Gasteiger partial charge is 0.160 e. The largest absolute Gasteiger partial charge is 0.309 e. The van der Waals surface area contributed by atoms with Gasteiger partial charge in [0.1, 0.15) is 0 Å². The molecule has 0 N–H and O–H groups in total. The highest BCUT2D eigenvalue weighted by Gasteiger charge is 2.19. The number of aromatic nitrogens is 4. The van der Waals surface area contributed by atoms with Crippen molar-refractivity contribution in [3.63, 3.8) is 0 Å². The van der Waals surface area contributed by atoms with Crippen LogP contribution in [0.4, 0.5) is 0 Å². The molecule has 3 aromatic heterocycles. The van der Waals surface area contributed by atoms with Gasteiger partial charge in [-0.3, -0.25) is 0 Å². The Balaban J connectivity index is 0.920. The molecule has 9 aromatic carbocycles. The molecule has 0 bridgehead atoms. The lowest BCUT2D eigenvalue weighted by Gasteiger charge is -2.13. The number of rotatable bonds is 6. The SMILES string of the molecule is c1ccc(-c2ccc(-c3nc(-c4ccc(-c5ccc(-c6nc7ccccc7c7c6ccc6c7c7ccccc7n6-c6ccccc6)cc5)cc4)c4ccccc4n3)cc2)cc1. The Morgan fingerprint density at radius 3 is 1.39 bits per heavy atom. The van der Waals surface area contributed by atoms with Gasteiger partial charge in [0.25, 0.3) is 0 Å². The predicted molar refractivity (Wildman–Crippen MR) is 254 cm³/mol. The summed E-state index contributed by atoms with van der Waals surface area (Å²) >= 11 is 0. The van der Waals surface area contributed by atoms with E-state index in [-0.39, 0.29) is 0 Å². The highest BCUT2D eigenvalue weighted by atomic mass is 15.0. The van der Waals surface area contributed by atoms with Gasteiger partial charge in [-0.1, -0.05) is 182 Å². The first-order valence-electron chi connectivity index (χ1n) is 20.7. The molecule has 0 amide bonds. The molecule has 4 nitrogen and oxygen atoms in total. The average Bonchev–Trinajstić information content (AvgIpc) is 3.69. The van der Waals surface area contributed by atoms with Crippen LogP contribution in [0.25, 0.3) is 116 Å². The van der Waals surface area contributed by atoms with Crippen molar-refractivity contribution in [2.75, 3.05) is 0 Å². The van der Waals surface area contributed by atoms with Gasteiger partial charge in [-0.15, -0.1) is 0 Å². The number of pyridine rings is 1. The van der Waals surface area contributed by atoms with Gasteiger partial charge >= 0.3 is 0 Å². The fourth-order valence-electron chi connectivity index (χ4n) is 9.09. The van der Waals surface area contributed by atoms with Gasteiger partial charge in [-0.2, -0.15) is 0 Å². The summed E-state index contributed by atoms with van der Waals surface area (Å²) in [6, 6.07) is 77.3. The summed E-state index contributed by atoms with van der Waals surface area (Å²) in [6.07, 6.45) is 0. The minimum Gasteiger partial charge on any atom is -0.309 e. The Hall–Kier alpha value is -8.21. The molecule has 0 atom stereocenters. The fraction of sp³-hybridized carbons (Fsp3) is 0. The number of hydrogen-bond acceptors (Lipinski definition) is 3. The van der Waals surface area contributed by atoms with Crippen molar-refractivity contribution in [2.45, 2.75) is 0 Å². The second-order valence-electron chi connectivity index (χ2n) is 15.6. The van der Waals surface area contributed by atoms with E-state index in [1.54, 1.807) is 0 Å². The van der Waals surface area contributed by atoms with Crippen LogP contribution >= 0.6 is 0 Å². The molecule has 0 unspecified atom stereocenters. The van der Waals surface area contributed by atoms with E-state index in [9.17, 15) is 0 Å². The quantitative estimate of drug-likeness (QED) is 0.158. The van der Waals surface area contributed by atoms with Crippen molar-refractivity contribution < 1.29 is 0 Å². The first-order valence-corrected chi connectivity index (χ1v) is 20.7. The van der Waals surface area contributed by atoms with Gasteiger partial charge in [0.2, 0.25) is 0 Å². The summed E-state index contributed by atoms with van der Waals surface area (Å²) in [7, 11) is 0. The van der Waals surface area contributed by atoms with Crippen LogP contribution in [0.15, 0.2) is 218 Å². The molecule has 0 aliphatic carbocycles. The zero-order chi connectivity index (χ0) is 40.3. The normalized spacial score (nSPS) is 11.6. The lowest BCUT2D eigenvalue weighted by molar-refractivity contribution is 1.18. The molecule has 12 rings (SSSR count). The van der Waals surface area contributed by atoms with Crippen molar-refractivity contribution in [3.8, 4) is 61.8 Å². The van der Waals surface area contributed by atoms with Crippen molar-refractivity contribution in [2.24, 2.45) is 0 Å².